The molecule has 0 saturated heterocycles. The summed E-state index contributed by atoms with van der Waals surface area (Å²) in [6.07, 6.45) is -3.97. The third-order valence-electron chi connectivity index (χ3n) is 4.89. The first-order chi connectivity index (χ1) is 16.2. The van der Waals surface area contributed by atoms with Crippen molar-refractivity contribution in [3.8, 4) is 23.0 Å². The largest absolute Gasteiger partial charge is 0.493 e. The van der Waals surface area contributed by atoms with E-state index in [0.29, 0.717) is 30.9 Å². The second kappa shape index (κ2) is 11.4. The quantitative estimate of drug-likeness (QED) is 0.333. The maximum atomic E-state index is 13.2. The molecule has 1 atom stereocenters. The lowest BCUT2D eigenvalue weighted by Crippen LogP contribution is -2.16. The molecule has 3 aromatic carbocycles. The molecule has 0 aliphatic rings. The van der Waals surface area contributed by atoms with E-state index in [4.69, 9.17) is 19.3 Å². The SMILES string of the molecule is C[C@H](CCOc1cccc(CCC(=O)O)c1)Oc1ccc(C(F)(F)F)cc1Oc1ccccc1. The number of aliphatic carboxylic acids is 1. The van der Waals surface area contributed by atoms with Crippen LogP contribution in [-0.2, 0) is 17.4 Å². The average Bonchev–Trinajstić information content (AvgIpc) is 2.79. The van der Waals surface area contributed by atoms with Gasteiger partial charge in [-0.25, -0.2) is 0 Å². The van der Waals surface area contributed by atoms with Gasteiger partial charge >= 0.3 is 12.1 Å². The van der Waals surface area contributed by atoms with Gasteiger partial charge in [-0.1, -0.05) is 30.3 Å². The number of carboxylic acids is 1. The zero-order chi connectivity index (χ0) is 24.6. The number of halogens is 3. The van der Waals surface area contributed by atoms with Gasteiger partial charge < -0.3 is 19.3 Å². The maximum Gasteiger partial charge on any atom is 0.416 e. The van der Waals surface area contributed by atoms with E-state index in [9.17, 15) is 18.0 Å². The smallest absolute Gasteiger partial charge is 0.416 e. The average molecular weight is 474 g/mol. The lowest BCUT2D eigenvalue weighted by atomic mass is 10.1. The van der Waals surface area contributed by atoms with E-state index in [0.717, 1.165) is 17.7 Å². The molecule has 0 fully saturated rings. The van der Waals surface area contributed by atoms with E-state index in [1.54, 1.807) is 55.5 Å². The van der Waals surface area contributed by atoms with Gasteiger partial charge in [0, 0.05) is 12.8 Å². The Morgan fingerprint density at radius 3 is 2.38 bits per heavy atom. The van der Waals surface area contributed by atoms with Crippen LogP contribution in [0.4, 0.5) is 13.2 Å². The van der Waals surface area contributed by atoms with Crippen LogP contribution in [0.1, 0.15) is 30.9 Å². The van der Waals surface area contributed by atoms with Gasteiger partial charge in [-0.3, -0.25) is 4.79 Å². The Bertz CT molecular complexity index is 1080. The highest BCUT2D eigenvalue weighted by Crippen LogP contribution is 2.38. The third-order valence-corrected chi connectivity index (χ3v) is 4.89. The number of carbonyl (C=O) groups is 1. The highest BCUT2D eigenvalue weighted by atomic mass is 19.4. The normalized spacial score (nSPS) is 12.1. The Kier molecular flexibility index (Phi) is 8.40. The molecular weight excluding hydrogens is 449 g/mol. The summed E-state index contributed by atoms with van der Waals surface area (Å²) in [4.78, 5) is 10.7. The molecule has 180 valence electrons. The van der Waals surface area contributed by atoms with Gasteiger partial charge in [0.25, 0.3) is 0 Å². The summed E-state index contributed by atoms with van der Waals surface area (Å²) in [5.41, 5.74) is 0.0289. The Morgan fingerprint density at radius 1 is 0.941 bits per heavy atom. The fourth-order valence-electron chi connectivity index (χ4n) is 3.14. The zero-order valence-electron chi connectivity index (χ0n) is 18.5. The van der Waals surface area contributed by atoms with Gasteiger partial charge in [0.2, 0.25) is 0 Å². The minimum Gasteiger partial charge on any atom is -0.493 e. The molecule has 3 aromatic rings. The first kappa shape index (κ1) is 25.0. The summed E-state index contributed by atoms with van der Waals surface area (Å²) in [5, 5.41) is 8.81. The van der Waals surface area contributed by atoms with E-state index >= 15 is 0 Å². The van der Waals surface area contributed by atoms with Gasteiger partial charge in [-0.05, 0) is 61.4 Å². The highest BCUT2D eigenvalue weighted by molar-refractivity contribution is 5.67. The second-order valence-electron chi connectivity index (χ2n) is 7.68. The van der Waals surface area contributed by atoms with Crippen molar-refractivity contribution in [1.82, 2.24) is 0 Å². The Morgan fingerprint density at radius 2 is 1.68 bits per heavy atom. The molecule has 0 aromatic heterocycles. The van der Waals surface area contributed by atoms with Gasteiger partial charge in [-0.2, -0.15) is 13.2 Å². The number of carboxylic acid groups (broad SMARTS) is 1. The summed E-state index contributed by atoms with van der Waals surface area (Å²) in [6, 6.07) is 18.8. The summed E-state index contributed by atoms with van der Waals surface area (Å²) < 4.78 is 56.9. The van der Waals surface area contributed by atoms with E-state index in [1.165, 1.54) is 6.07 Å². The summed E-state index contributed by atoms with van der Waals surface area (Å²) in [6.45, 7) is 2.09. The number of ether oxygens (including phenoxy) is 3. The molecule has 34 heavy (non-hydrogen) atoms. The zero-order valence-corrected chi connectivity index (χ0v) is 18.5. The van der Waals surface area contributed by atoms with Crippen molar-refractivity contribution in [2.45, 2.75) is 38.5 Å². The molecule has 0 amide bonds. The topological polar surface area (TPSA) is 65.0 Å². The molecule has 0 unspecified atom stereocenters. The van der Waals surface area contributed by atoms with Gasteiger partial charge in [-0.15, -0.1) is 0 Å². The van der Waals surface area contributed by atoms with Crippen LogP contribution in [0.2, 0.25) is 0 Å². The van der Waals surface area contributed by atoms with E-state index in [1.807, 2.05) is 6.07 Å². The molecule has 0 aliphatic heterocycles. The highest BCUT2D eigenvalue weighted by Gasteiger charge is 2.31. The fraction of sp³-hybridized carbons (Fsp3) is 0.269. The second-order valence-corrected chi connectivity index (χ2v) is 7.68. The first-order valence-electron chi connectivity index (χ1n) is 10.7. The summed E-state index contributed by atoms with van der Waals surface area (Å²) in [7, 11) is 0. The first-order valence-corrected chi connectivity index (χ1v) is 10.7. The van der Waals surface area contributed by atoms with Crippen molar-refractivity contribution >= 4 is 5.97 Å². The molecule has 0 saturated carbocycles. The van der Waals surface area contributed by atoms with Crippen molar-refractivity contribution < 1.29 is 37.3 Å². The molecule has 0 aliphatic carbocycles. The number of para-hydroxylation sites is 1. The van der Waals surface area contributed by atoms with E-state index < -0.39 is 17.7 Å². The van der Waals surface area contributed by atoms with Gasteiger partial charge in [0.15, 0.2) is 11.5 Å². The van der Waals surface area contributed by atoms with Crippen LogP contribution in [0.5, 0.6) is 23.0 Å². The Labute approximate surface area is 195 Å². The van der Waals surface area contributed by atoms with Crippen LogP contribution in [0.25, 0.3) is 0 Å². The number of benzene rings is 3. The van der Waals surface area contributed by atoms with Crippen molar-refractivity contribution in [2.75, 3.05) is 6.61 Å². The van der Waals surface area contributed by atoms with Crippen molar-refractivity contribution in [1.29, 1.82) is 0 Å². The van der Waals surface area contributed by atoms with Crippen LogP contribution in [0, 0.1) is 0 Å². The van der Waals surface area contributed by atoms with Gasteiger partial charge in [0.1, 0.15) is 11.5 Å². The molecule has 0 spiro atoms. The lowest BCUT2D eigenvalue weighted by molar-refractivity contribution is -0.138. The van der Waals surface area contributed by atoms with Crippen LogP contribution >= 0.6 is 0 Å². The summed E-state index contributed by atoms with van der Waals surface area (Å²) >= 11 is 0. The molecular formula is C26H25F3O5. The Hall–Kier alpha value is -3.68. The Balaban J connectivity index is 1.62. The van der Waals surface area contributed by atoms with Crippen LogP contribution < -0.4 is 14.2 Å². The van der Waals surface area contributed by atoms with Crippen LogP contribution in [0.3, 0.4) is 0 Å². The van der Waals surface area contributed by atoms with E-state index in [2.05, 4.69) is 0 Å². The standard InChI is InChI=1S/C26H25F3O5/c1-18(14-15-32-22-9-5-6-19(16-22)10-13-25(30)31)33-23-12-11-20(26(27,28)29)17-24(23)34-21-7-3-2-4-8-21/h2-9,11-12,16-18H,10,13-15H2,1H3,(H,30,31)/t18-/m1/s1. The van der Waals surface area contributed by atoms with Gasteiger partial charge in [0.05, 0.1) is 18.3 Å². The predicted molar refractivity (Wildman–Crippen MR) is 121 cm³/mol. The van der Waals surface area contributed by atoms with Crippen molar-refractivity contribution in [3.05, 3.63) is 83.9 Å². The number of alkyl halides is 3. The molecule has 0 heterocycles. The molecule has 1 N–H and O–H groups in total. The molecule has 0 radical (unpaired) electrons. The molecule has 5 nitrogen and oxygen atoms in total. The maximum absolute atomic E-state index is 13.2. The van der Waals surface area contributed by atoms with Crippen molar-refractivity contribution in [3.63, 3.8) is 0 Å². The van der Waals surface area contributed by atoms with Crippen LogP contribution in [0.15, 0.2) is 72.8 Å². The number of rotatable bonds is 11. The van der Waals surface area contributed by atoms with Crippen LogP contribution in [-0.4, -0.2) is 23.8 Å². The van der Waals surface area contributed by atoms with Crippen molar-refractivity contribution in [2.24, 2.45) is 0 Å². The molecule has 8 heteroatoms. The third kappa shape index (κ3) is 7.72. The predicted octanol–water partition coefficient (Wildman–Crippen LogP) is 6.75. The van der Waals surface area contributed by atoms with E-state index in [-0.39, 0.29) is 24.0 Å². The summed E-state index contributed by atoms with van der Waals surface area (Å²) in [5.74, 6) is 0.305. The minimum atomic E-state index is -4.51. The monoisotopic (exact) mass is 474 g/mol. The molecule has 0 bridgehead atoms. The number of aryl methyl sites for hydroxylation is 1. The number of hydrogen-bond donors (Lipinski definition) is 1. The lowest BCUT2D eigenvalue weighted by Gasteiger charge is -2.19. The number of hydrogen-bond acceptors (Lipinski definition) is 4. The fourth-order valence-corrected chi connectivity index (χ4v) is 3.14. The molecule has 3 rings (SSSR count). The minimum absolute atomic E-state index is 0.0278.